The first-order chi connectivity index (χ1) is 8.06. The van der Waals surface area contributed by atoms with Crippen molar-refractivity contribution in [2.45, 2.75) is 38.8 Å². The van der Waals surface area contributed by atoms with Crippen LogP contribution in [0.4, 0.5) is 5.69 Å². The quantitative estimate of drug-likeness (QED) is 0.606. The molecule has 2 rings (SSSR count). The fourth-order valence-corrected chi connectivity index (χ4v) is 1.54. The summed E-state index contributed by atoms with van der Waals surface area (Å²) in [6.45, 7) is 1.95. The van der Waals surface area contributed by atoms with Crippen molar-refractivity contribution in [2.75, 3.05) is 0 Å². The monoisotopic (exact) mass is 238 g/mol. The second-order valence-electron chi connectivity index (χ2n) is 4.21. The summed E-state index contributed by atoms with van der Waals surface area (Å²) in [5.74, 6) is -0.0247. The molecule has 0 saturated heterocycles. The molecule has 1 aromatic rings. The van der Waals surface area contributed by atoms with Crippen molar-refractivity contribution in [3.8, 4) is 0 Å². The molecule has 92 valence electrons. The minimum absolute atomic E-state index is 0.00685. The molecule has 7 heteroatoms. The highest BCUT2D eigenvalue weighted by atomic mass is 16.6. The first kappa shape index (κ1) is 11.6. The Kier molecular flexibility index (Phi) is 3.08. The standard InChI is InChI=1S/C10H14N4O3/c1-7-9(14(16)17)6-13(12-7)5-4-10(15)11-8-2-3-8/h6,8H,2-5H2,1H3,(H,11,15). The zero-order valence-corrected chi connectivity index (χ0v) is 9.55. The van der Waals surface area contributed by atoms with Crippen molar-refractivity contribution in [1.29, 1.82) is 0 Å². The van der Waals surface area contributed by atoms with E-state index in [0.29, 0.717) is 24.7 Å². The third-order valence-electron chi connectivity index (χ3n) is 2.63. The van der Waals surface area contributed by atoms with E-state index in [4.69, 9.17) is 0 Å². The topological polar surface area (TPSA) is 90.1 Å². The Labute approximate surface area is 98.0 Å². The highest BCUT2D eigenvalue weighted by Gasteiger charge is 2.23. The molecular formula is C10H14N4O3. The summed E-state index contributed by atoms with van der Waals surface area (Å²) in [6, 6.07) is 0.344. The number of nitrogens with zero attached hydrogens (tertiary/aromatic N) is 3. The van der Waals surface area contributed by atoms with Gasteiger partial charge in [-0.05, 0) is 19.8 Å². The van der Waals surface area contributed by atoms with Gasteiger partial charge in [-0.15, -0.1) is 0 Å². The van der Waals surface area contributed by atoms with E-state index in [0.717, 1.165) is 12.8 Å². The Morgan fingerprint density at radius 2 is 2.41 bits per heavy atom. The van der Waals surface area contributed by atoms with Gasteiger partial charge >= 0.3 is 5.69 Å². The van der Waals surface area contributed by atoms with Gasteiger partial charge in [-0.25, -0.2) is 0 Å². The van der Waals surface area contributed by atoms with Crippen LogP contribution < -0.4 is 5.32 Å². The highest BCUT2D eigenvalue weighted by molar-refractivity contribution is 5.76. The molecule has 7 nitrogen and oxygen atoms in total. The summed E-state index contributed by atoms with van der Waals surface area (Å²) in [7, 11) is 0. The van der Waals surface area contributed by atoms with E-state index >= 15 is 0 Å². The lowest BCUT2D eigenvalue weighted by Gasteiger charge is -2.02. The van der Waals surface area contributed by atoms with E-state index in [2.05, 4.69) is 10.4 Å². The second kappa shape index (κ2) is 4.52. The zero-order valence-electron chi connectivity index (χ0n) is 9.55. The van der Waals surface area contributed by atoms with Gasteiger partial charge < -0.3 is 5.32 Å². The van der Waals surface area contributed by atoms with Gasteiger partial charge in [0.1, 0.15) is 11.9 Å². The second-order valence-corrected chi connectivity index (χ2v) is 4.21. The van der Waals surface area contributed by atoms with Gasteiger partial charge in [0.25, 0.3) is 0 Å². The SMILES string of the molecule is Cc1nn(CCC(=O)NC2CC2)cc1[N+](=O)[O-]. The molecule has 0 radical (unpaired) electrons. The summed E-state index contributed by atoms with van der Waals surface area (Å²) in [4.78, 5) is 21.5. The molecule has 0 aliphatic heterocycles. The van der Waals surface area contributed by atoms with Crippen LogP contribution in [-0.2, 0) is 11.3 Å². The van der Waals surface area contributed by atoms with Crippen LogP contribution in [-0.4, -0.2) is 26.7 Å². The van der Waals surface area contributed by atoms with Gasteiger partial charge in [-0.3, -0.25) is 19.6 Å². The van der Waals surface area contributed by atoms with Crippen LogP contribution in [0, 0.1) is 17.0 Å². The van der Waals surface area contributed by atoms with E-state index in [1.807, 2.05) is 0 Å². The van der Waals surface area contributed by atoms with Crippen molar-refractivity contribution >= 4 is 11.6 Å². The Balaban J connectivity index is 1.87. The number of nitro groups is 1. The van der Waals surface area contributed by atoms with E-state index in [9.17, 15) is 14.9 Å². The number of nitrogens with one attached hydrogen (secondary N) is 1. The normalized spacial score (nSPS) is 14.6. The zero-order chi connectivity index (χ0) is 12.4. The van der Waals surface area contributed by atoms with Gasteiger partial charge in [-0.2, -0.15) is 5.10 Å². The van der Waals surface area contributed by atoms with Crippen LogP contribution in [0.15, 0.2) is 6.20 Å². The number of aryl methyl sites for hydroxylation is 2. The summed E-state index contributed by atoms with van der Waals surface area (Å²) in [5.41, 5.74) is 0.366. The number of carbonyl (C=O) groups excluding carboxylic acids is 1. The molecule has 1 N–H and O–H groups in total. The molecule has 1 heterocycles. The smallest absolute Gasteiger partial charge is 0.309 e. The van der Waals surface area contributed by atoms with Crippen LogP contribution in [0.2, 0.25) is 0 Å². The lowest BCUT2D eigenvalue weighted by molar-refractivity contribution is -0.385. The van der Waals surface area contributed by atoms with E-state index in [1.54, 1.807) is 6.92 Å². The predicted molar refractivity (Wildman–Crippen MR) is 59.4 cm³/mol. The van der Waals surface area contributed by atoms with E-state index in [-0.39, 0.29) is 11.6 Å². The molecule has 0 bridgehead atoms. The summed E-state index contributed by atoms with van der Waals surface area (Å²) in [5, 5.41) is 17.4. The maximum Gasteiger partial charge on any atom is 0.309 e. The fourth-order valence-electron chi connectivity index (χ4n) is 1.54. The summed E-state index contributed by atoms with van der Waals surface area (Å²) in [6.07, 6.45) is 3.77. The van der Waals surface area contributed by atoms with Crippen molar-refractivity contribution in [3.63, 3.8) is 0 Å². The molecule has 1 aliphatic rings. The molecule has 0 spiro atoms. The Hall–Kier alpha value is -1.92. The average molecular weight is 238 g/mol. The van der Waals surface area contributed by atoms with Crippen LogP contribution in [0.25, 0.3) is 0 Å². The molecule has 0 unspecified atom stereocenters. The molecule has 1 fully saturated rings. The Bertz CT molecular complexity index is 450. The number of amides is 1. The lowest BCUT2D eigenvalue weighted by atomic mass is 10.4. The molecule has 0 aromatic carbocycles. The third-order valence-corrected chi connectivity index (χ3v) is 2.63. The number of rotatable bonds is 5. The average Bonchev–Trinajstić information content (AvgIpc) is 2.97. The first-order valence-corrected chi connectivity index (χ1v) is 5.54. The van der Waals surface area contributed by atoms with Crippen LogP contribution in [0.1, 0.15) is 25.0 Å². The lowest BCUT2D eigenvalue weighted by Crippen LogP contribution is -2.26. The highest BCUT2D eigenvalue weighted by Crippen LogP contribution is 2.19. The van der Waals surface area contributed by atoms with Gasteiger partial charge in [0.15, 0.2) is 0 Å². The molecule has 1 aliphatic carbocycles. The number of carbonyl (C=O) groups is 1. The van der Waals surface area contributed by atoms with Gasteiger partial charge in [0, 0.05) is 19.0 Å². The third kappa shape index (κ3) is 3.02. The van der Waals surface area contributed by atoms with Gasteiger partial charge in [0.2, 0.25) is 5.91 Å². The molecule has 1 aromatic heterocycles. The van der Waals surface area contributed by atoms with E-state index in [1.165, 1.54) is 10.9 Å². The minimum atomic E-state index is -0.469. The van der Waals surface area contributed by atoms with Crippen LogP contribution >= 0.6 is 0 Å². The predicted octanol–water partition coefficient (Wildman–Crippen LogP) is 0.768. The number of hydrogen-bond donors (Lipinski definition) is 1. The van der Waals surface area contributed by atoms with Gasteiger partial charge in [-0.1, -0.05) is 0 Å². The molecule has 1 saturated carbocycles. The van der Waals surface area contributed by atoms with Crippen molar-refractivity contribution in [2.24, 2.45) is 0 Å². The molecule has 0 atom stereocenters. The fraction of sp³-hybridized carbons (Fsp3) is 0.600. The maximum atomic E-state index is 11.4. The Morgan fingerprint density at radius 1 is 1.71 bits per heavy atom. The maximum absolute atomic E-state index is 11.4. The van der Waals surface area contributed by atoms with Crippen molar-refractivity contribution in [3.05, 3.63) is 22.0 Å². The number of aromatic nitrogens is 2. The van der Waals surface area contributed by atoms with E-state index < -0.39 is 4.92 Å². The Morgan fingerprint density at radius 3 is 2.94 bits per heavy atom. The van der Waals surface area contributed by atoms with Gasteiger partial charge in [0.05, 0.1) is 4.92 Å². The largest absolute Gasteiger partial charge is 0.353 e. The van der Waals surface area contributed by atoms with Crippen molar-refractivity contribution in [1.82, 2.24) is 15.1 Å². The molecular weight excluding hydrogens is 224 g/mol. The number of hydrogen-bond acceptors (Lipinski definition) is 4. The summed E-state index contributed by atoms with van der Waals surface area (Å²) < 4.78 is 1.44. The summed E-state index contributed by atoms with van der Waals surface area (Å²) >= 11 is 0. The van der Waals surface area contributed by atoms with Crippen molar-refractivity contribution < 1.29 is 9.72 Å². The van der Waals surface area contributed by atoms with Crippen LogP contribution in [0.3, 0.4) is 0 Å². The minimum Gasteiger partial charge on any atom is -0.353 e. The van der Waals surface area contributed by atoms with Crippen LogP contribution in [0.5, 0.6) is 0 Å². The molecule has 17 heavy (non-hydrogen) atoms. The first-order valence-electron chi connectivity index (χ1n) is 5.54. The molecule has 1 amide bonds.